The molecule has 0 bridgehead atoms. The molecule has 0 N–H and O–H groups in total. The topological polar surface area (TPSA) is 6.48 Å². The van der Waals surface area contributed by atoms with Crippen molar-refractivity contribution >= 4 is 27.3 Å². The third kappa shape index (κ3) is 2.09. The van der Waals surface area contributed by atoms with Crippen LogP contribution in [0.2, 0.25) is 0 Å². The predicted molar refractivity (Wildman–Crippen MR) is 74.4 cm³/mol. The molecular weight excluding hydrogens is 264 g/mol. The van der Waals surface area contributed by atoms with Gasteiger partial charge in [0.25, 0.3) is 0 Å². The summed E-state index contributed by atoms with van der Waals surface area (Å²) in [5.41, 5.74) is 3.71. The van der Waals surface area contributed by atoms with Gasteiger partial charge in [0.1, 0.15) is 0 Å². The van der Waals surface area contributed by atoms with Crippen LogP contribution in [0.4, 0.5) is 11.4 Å². The van der Waals surface area contributed by atoms with Crippen molar-refractivity contribution in [1.29, 1.82) is 0 Å². The molecular formula is C13H17BrN2. The van der Waals surface area contributed by atoms with Gasteiger partial charge in [-0.25, -0.2) is 0 Å². The second-order valence-electron chi connectivity index (χ2n) is 4.10. The van der Waals surface area contributed by atoms with E-state index in [-0.39, 0.29) is 0 Å². The Morgan fingerprint density at radius 1 is 1.38 bits per heavy atom. The molecule has 1 aromatic carbocycles. The van der Waals surface area contributed by atoms with Gasteiger partial charge in [0, 0.05) is 17.6 Å². The van der Waals surface area contributed by atoms with E-state index < -0.39 is 0 Å². The fourth-order valence-corrected chi connectivity index (χ4v) is 2.30. The van der Waals surface area contributed by atoms with E-state index in [1.807, 2.05) is 0 Å². The van der Waals surface area contributed by atoms with Gasteiger partial charge in [-0.3, -0.25) is 0 Å². The third-order valence-electron chi connectivity index (χ3n) is 2.85. The van der Waals surface area contributed by atoms with E-state index >= 15 is 0 Å². The summed E-state index contributed by atoms with van der Waals surface area (Å²) in [7, 11) is 0. The highest BCUT2D eigenvalue weighted by Gasteiger charge is 2.24. The van der Waals surface area contributed by atoms with Crippen LogP contribution in [0.15, 0.2) is 36.5 Å². The number of benzene rings is 1. The van der Waals surface area contributed by atoms with Crippen molar-refractivity contribution in [2.45, 2.75) is 13.3 Å². The van der Waals surface area contributed by atoms with Gasteiger partial charge >= 0.3 is 0 Å². The van der Waals surface area contributed by atoms with Crippen molar-refractivity contribution in [2.24, 2.45) is 0 Å². The lowest BCUT2D eigenvalue weighted by Crippen LogP contribution is -2.30. The number of halogens is 1. The van der Waals surface area contributed by atoms with Crippen LogP contribution in [-0.2, 0) is 0 Å². The van der Waals surface area contributed by atoms with Gasteiger partial charge in [-0.05, 0) is 25.5 Å². The molecule has 1 heterocycles. The zero-order valence-electron chi connectivity index (χ0n) is 9.62. The number of para-hydroxylation sites is 2. The molecule has 0 aliphatic carbocycles. The second-order valence-corrected chi connectivity index (χ2v) is 4.89. The standard InChI is InChI=1S/C13H17BrN2/c1-11(2)16-10-15(9-5-8-14)12-6-3-4-7-13(12)16/h3-4,6-7H,1,5,8-10H2,2H3. The first-order valence-electron chi connectivity index (χ1n) is 5.57. The minimum atomic E-state index is 0.932. The lowest BCUT2D eigenvalue weighted by atomic mass is 10.2. The highest BCUT2D eigenvalue weighted by molar-refractivity contribution is 9.09. The molecule has 0 fully saturated rings. The number of alkyl halides is 1. The lowest BCUT2D eigenvalue weighted by Gasteiger charge is -2.21. The van der Waals surface area contributed by atoms with Gasteiger partial charge in [0.2, 0.25) is 0 Å². The summed E-state index contributed by atoms with van der Waals surface area (Å²) < 4.78 is 0. The van der Waals surface area contributed by atoms with Crippen LogP contribution in [0, 0.1) is 0 Å². The second kappa shape index (κ2) is 4.91. The van der Waals surface area contributed by atoms with Gasteiger partial charge in [-0.1, -0.05) is 34.6 Å². The Morgan fingerprint density at radius 2 is 2.06 bits per heavy atom. The zero-order chi connectivity index (χ0) is 11.5. The molecule has 16 heavy (non-hydrogen) atoms. The lowest BCUT2D eigenvalue weighted by molar-refractivity contribution is 0.790. The average Bonchev–Trinajstić information content (AvgIpc) is 2.65. The Balaban J connectivity index is 2.24. The number of hydrogen-bond acceptors (Lipinski definition) is 2. The molecule has 1 aliphatic heterocycles. The molecule has 0 aromatic heterocycles. The summed E-state index contributed by atoms with van der Waals surface area (Å²) in [5.74, 6) is 0. The molecule has 0 atom stereocenters. The first-order valence-corrected chi connectivity index (χ1v) is 6.69. The van der Waals surface area contributed by atoms with E-state index in [2.05, 4.69) is 63.5 Å². The Bertz CT molecular complexity index is 389. The normalized spacial score (nSPS) is 14.1. The Hall–Kier alpha value is -0.960. The highest BCUT2D eigenvalue weighted by atomic mass is 79.9. The maximum absolute atomic E-state index is 4.04. The number of anilines is 2. The molecule has 1 aromatic rings. The van der Waals surface area contributed by atoms with E-state index in [1.165, 1.54) is 17.8 Å². The number of fused-ring (bicyclic) bond motifs is 1. The molecule has 86 valence electrons. The summed E-state index contributed by atoms with van der Waals surface area (Å²) in [6.07, 6.45) is 1.17. The maximum Gasteiger partial charge on any atom is 0.0949 e. The molecule has 3 heteroatoms. The predicted octanol–water partition coefficient (Wildman–Crippen LogP) is 3.59. The summed E-state index contributed by atoms with van der Waals surface area (Å²) in [6.45, 7) is 8.12. The van der Waals surface area contributed by atoms with Crippen LogP contribution in [0.1, 0.15) is 13.3 Å². The van der Waals surface area contributed by atoms with Crippen molar-refractivity contribution in [3.63, 3.8) is 0 Å². The van der Waals surface area contributed by atoms with E-state index in [4.69, 9.17) is 0 Å². The first-order chi connectivity index (χ1) is 7.74. The maximum atomic E-state index is 4.04. The van der Waals surface area contributed by atoms with Crippen LogP contribution in [0.3, 0.4) is 0 Å². The number of rotatable bonds is 4. The van der Waals surface area contributed by atoms with Crippen molar-refractivity contribution in [3.8, 4) is 0 Å². The molecule has 0 saturated carbocycles. The quantitative estimate of drug-likeness (QED) is 0.778. The SMILES string of the molecule is C=C(C)N1CN(CCCBr)c2ccccc21. The minimum absolute atomic E-state index is 0.932. The van der Waals surface area contributed by atoms with Crippen LogP contribution in [-0.4, -0.2) is 18.5 Å². The van der Waals surface area contributed by atoms with Gasteiger partial charge in [-0.15, -0.1) is 0 Å². The Kier molecular flexibility index (Phi) is 3.54. The highest BCUT2D eigenvalue weighted by Crippen LogP contribution is 2.37. The number of hydrogen-bond donors (Lipinski definition) is 0. The molecule has 0 radical (unpaired) electrons. The fourth-order valence-electron chi connectivity index (χ4n) is 2.05. The minimum Gasteiger partial charge on any atom is -0.352 e. The molecule has 0 amide bonds. The van der Waals surface area contributed by atoms with Gasteiger partial charge in [0.15, 0.2) is 0 Å². The van der Waals surface area contributed by atoms with Crippen molar-refractivity contribution in [3.05, 3.63) is 36.5 Å². The first kappa shape index (κ1) is 11.5. The summed E-state index contributed by atoms with van der Waals surface area (Å²) >= 11 is 3.48. The number of nitrogens with zero attached hydrogens (tertiary/aromatic N) is 2. The van der Waals surface area contributed by atoms with E-state index in [9.17, 15) is 0 Å². The molecule has 1 aliphatic rings. The van der Waals surface area contributed by atoms with E-state index in [1.54, 1.807) is 0 Å². The summed E-state index contributed by atoms with van der Waals surface area (Å²) in [5, 5.41) is 1.05. The van der Waals surface area contributed by atoms with Crippen LogP contribution in [0.5, 0.6) is 0 Å². The summed E-state index contributed by atoms with van der Waals surface area (Å²) in [6, 6.07) is 8.54. The summed E-state index contributed by atoms with van der Waals surface area (Å²) in [4.78, 5) is 4.68. The Morgan fingerprint density at radius 3 is 2.69 bits per heavy atom. The van der Waals surface area contributed by atoms with Crippen molar-refractivity contribution in [2.75, 3.05) is 28.3 Å². The molecule has 2 nitrogen and oxygen atoms in total. The molecule has 0 spiro atoms. The monoisotopic (exact) mass is 280 g/mol. The fraction of sp³-hybridized carbons (Fsp3) is 0.385. The zero-order valence-corrected chi connectivity index (χ0v) is 11.2. The third-order valence-corrected chi connectivity index (χ3v) is 3.41. The smallest absolute Gasteiger partial charge is 0.0949 e. The molecule has 0 unspecified atom stereocenters. The van der Waals surface area contributed by atoms with Crippen LogP contribution < -0.4 is 9.80 Å². The van der Waals surface area contributed by atoms with Crippen molar-refractivity contribution < 1.29 is 0 Å². The van der Waals surface area contributed by atoms with Crippen molar-refractivity contribution in [1.82, 2.24) is 0 Å². The van der Waals surface area contributed by atoms with Crippen LogP contribution in [0.25, 0.3) is 0 Å². The number of allylic oxidation sites excluding steroid dienone is 1. The van der Waals surface area contributed by atoms with Gasteiger partial charge in [0.05, 0.1) is 18.0 Å². The average molecular weight is 281 g/mol. The van der Waals surface area contributed by atoms with Crippen LogP contribution >= 0.6 is 15.9 Å². The molecule has 2 rings (SSSR count). The van der Waals surface area contributed by atoms with E-state index in [0.717, 1.165) is 24.2 Å². The van der Waals surface area contributed by atoms with Gasteiger partial charge in [-0.2, -0.15) is 0 Å². The largest absolute Gasteiger partial charge is 0.352 e. The van der Waals surface area contributed by atoms with E-state index in [0.29, 0.717) is 0 Å². The van der Waals surface area contributed by atoms with Gasteiger partial charge < -0.3 is 9.80 Å². The molecule has 0 saturated heterocycles. The Labute approximate surface area is 106 Å².